The first-order valence-electron chi connectivity index (χ1n) is 6.86. The Bertz CT molecular complexity index is 415. The smallest absolute Gasteiger partial charge is 0.191 e. The Morgan fingerprint density at radius 3 is 2.40 bits per heavy atom. The maximum Gasteiger partial charge on any atom is 0.191 e. The molecular formula is C14H27IN4O. The summed E-state index contributed by atoms with van der Waals surface area (Å²) in [4.78, 5) is 4.20. The number of aliphatic imine (C=N–C) groups is 1. The summed E-state index contributed by atoms with van der Waals surface area (Å²) in [5, 5.41) is 10.6. The molecular weight excluding hydrogens is 367 g/mol. The average molecular weight is 394 g/mol. The fraction of sp³-hybridized carbons (Fsp3) is 0.714. The van der Waals surface area contributed by atoms with Crippen LogP contribution >= 0.6 is 24.0 Å². The zero-order valence-electron chi connectivity index (χ0n) is 13.2. The van der Waals surface area contributed by atoms with Crippen molar-refractivity contribution in [2.24, 2.45) is 10.9 Å². The molecule has 1 aromatic rings. The summed E-state index contributed by atoms with van der Waals surface area (Å²) in [6.07, 6.45) is 0. The van der Waals surface area contributed by atoms with Crippen LogP contribution in [0, 0.1) is 5.92 Å². The number of guanidine groups is 1. The minimum absolute atomic E-state index is 0. The highest BCUT2D eigenvalue weighted by Crippen LogP contribution is 2.13. The first-order valence-corrected chi connectivity index (χ1v) is 6.86. The van der Waals surface area contributed by atoms with Crippen LogP contribution in [0.5, 0.6) is 0 Å². The van der Waals surface area contributed by atoms with E-state index in [-0.39, 0.29) is 24.0 Å². The van der Waals surface area contributed by atoms with Crippen LogP contribution in [0.25, 0.3) is 0 Å². The molecule has 0 amide bonds. The number of rotatable bonds is 5. The lowest BCUT2D eigenvalue weighted by molar-refractivity contribution is 0.371. The van der Waals surface area contributed by atoms with Crippen molar-refractivity contribution in [1.82, 2.24) is 15.8 Å². The standard InChI is InChI=1S/C14H26N4O.HI/c1-9(2)11(5)17-14(15-6)16-8-12-7-13(10(3)4)18-19-12;/h7,9-11H,8H2,1-6H3,(H2,15,16,17);1H. The molecule has 0 radical (unpaired) electrons. The molecule has 0 aliphatic heterocycles. The van der Waals surface area contributed by atoms with E-state index >= 15 is 0 Å². The summed E-state index contributed by atoms with van der Waals surface area (Å²) >= 11 is 0. The van der Waals surface area contributed by atoms with E-state index in [0.29, 0.717) is 24.4 Å². The quantitative estimate of drug-likeness (QED) is 0.458. The van der Waals surface area contributed by atoms with Gasteiger partial charge in [-0.3, -0.25) is 4.99 Å². The van der Waals surface area contributed by atoms with Gasteiger partial charge in [-0.25, -0.2) is 0 Å². The van der Waals surface area contributed by atoms with Crippen LogP contribution in [0.15, 0.2) is 15.6 Å². The minimum Gasteiger partial charge on any atom is -0.359 e. The molecule has 0 bridgehead atoms. The van der Waals surface area contributed by atoms with E-state index in [0.717, 1.165) is 17.4 Å². The van der Waals surface area contributed by atoms with Crippen LogP contribution in [0.1, 0.15) is 52.0 Å². The summed E-state index contributed by atoms with van der Waals surface area (Å²) in [6, 6.07) is 2.35. The second-order valence-corrected chi connectivity index (χ2v) is 5.48. The van der Waals surface area contributed by atoms with Gasteiger partial charge in [-0.2, -0.15) is 0 Å². The summed E-state index contributed by atoms with van der Waals surface area (Å²) in [5.74, 6) is 2.54. The first-order chi connectivity index (χ1) is 8.93. The third-order valence-electron chi connectivity index (χ3n) is 3.19. The Morgan fingerprint density at radius 2 is 1.95 bits per heavy atom. The summed E-state index contributed by atoms with van der Waals surface area (Å²) in [6.45, 7) is 11.3. The Labute approximate surface area is 139 Å². The average Bonchev–Trinajstić information content (AvgIpc) is 2.82. The molecule has 1 rings (SSSR count). The lowest BCUT2D eigenvalue weighted by Gasteiger charge is -2.20. The third-order valence-corrected chi connectivity index (χ3v) is 3.19. The monoisotopic (exact) mass is 394 g/mol. The molecule has 0 aliphatic rings. The van der Waals surface area contributed by atoms with Gasteiger partial charge in [0.2, 0.25) is 0 Å². The van der Waals surface area contributed by atoms with Crippen LogP contribution in [0.2, 0.25) is 0 Å². The second-order valence-electron chi connectivity index (χ2n) is 5.48. The molecule has 5 nitrogen and oxygen atoms in total. The van der Waals surface area contributed by atoms with Gasteiger partial charge in [0.1, 0.15) is 0 Å². The number of hydrogen-bond acceptors (Lipinski definition) is 3. The molecule has 116 valence electrons. The van der Waals surface area contributed by atoms with Gasteiger partial charge >= 0.3 is 0 Å². The Hall–Kier alpha value is -0.790. The zero-order chi connectivity index (χ0) is 14.4. The van der Waals surface area contributed by atoms with Crippen LogP contribution in [-0.4, -0.2) is 24.2 Å². The van der Waals surface area contributed by atoms with Crippen LogP contribution in [0.4, 0.5) is 0 Å². The van der Waals surface area contributed by atoms with Gasteiger partial charge in [-0.1, -0.05) is 32.9 Å². The highest BCUT2D eigenvalue weighted by atomic mass is 127. The molecule has 0 fully saturated rings. The Morgan fingerprint density at radius 1 is 1.30 bits per heavy atom. The van der Waals surface area contributed by atoms with Crippen LogP contribution in [-0.2, 0) is 6.54 Å². The summed E-state index contributed by atoms with van der Waals surface area (Å²) < 4.78 is 5.28. The van der Waals surface area contributed by atoms with Crippen LogP contribution < -0.4 is 10.6 Å². The normalized spacial score (nSPS) is 13.3. The molecule has 6 heteroatoms. The predicted octanol–water partition coefficient (Wildman–Crippen LogP) is 3.13. The van der Waals surface area contributed by atoms with Crippen molar-refractivity contribution in [3.63, 3.8) is 0 Å². The van der Waals surface area contributed by atoms with E-state index in [2.05, 4.69) is 55.4 Å². The molecule has 1 unspecified atom stereocenters. The molecule has 0 saturated heterocycles. The van der Waals surface area contributed by atoms with Gasteiger partial charge in [-0.15, -0.1) is 24.0 Å². The number of nitrogens with zero attached hydrogens (tertiary/aromatic N) is 2. The maximum absolute atomic E-state index is 5.28. The van der Waals surface area contributed by atoms with Gasteiger partial charge in [0.15, 0.2) is 11.7 Å². The zero-order valence-corrected chi connectivity index (χ0v) is 15.6. The Balaban J connectivity index is 0.00000361. The SMILES string of the molecule is CN=C(NCc1cc(C(C)C)no1)NC(C)C(C)C.I. The maximum atomic E-state index is 5.28. The molecule has 1 heterocycles. The molecule has 2 N–H and O–H groups in total. The first kappa shape index (κ1) is 19.2. The van der Waals surface area contributed by atoms with Gasteiger partial charge in [0.25, 0.3) is 0 Å². The lowest BCUT2D eigenvalue weighted by atomic mass is 10.1. The predicted molar refractivity (Wildman–Crippen MR) is 93.6 cm³/mol. The summed E-state index contributed by atoms with van der Waals surface area (Å²) in [5.41, 5.74) is 0.982. The van der Waals surface area contributed by atoms with Gasteiger partial charge in [-0.05, 0) is 18.8 Å². The summed E-state index contributed by atoms with van der Waals surface area (Å²) in [7, 11) is 1.77. The van der Waals surface area contributed by atoms with E-state index in [1.165, 1.54) is 0 Å². The van der Waals surface area contributed by atoms with Gasteiger partial charge in [0, 0.05) is 19.2 Å². The minimum atomic E-state index is 0. The van der Waals surface area contributed by atoms with Crippen molar-refractivity contribution < 1.29 is 4.52 Å². The lowest BCUT2D eigenvalue weighted by Crippen LogP contribution is -2.43. The Kier molecular flexibility index (Phi) is 8.84. The molecule has 1 atom stereocenters. The fourth-order valence-corrected chi connectivity index (χ4v) is 1.43. The topological polar surface area (TPSA) is 62.5 Å². The molecule has 0 saturated carbocycles. The van der Waals surface area contributed by atoms with Crippen molar-refractivity contribution >= 4 is 29.9 Å². The van der Waals surface area contributed by atoms with Crippen molar-refractivity contribution in [3.05, 3.63) is 17.5 Å². The number of aromatic nitrogens is 1. The van der Waals surface area contributed by atoms with Gasteiger partial charge < -0.3 is 15.2 Å². The largest absolute Gasteiger partial charge is 0.359 e. The van der Waals surface area contributed by atoms with Crippen molar-refractivity contribution in [3.8, 4) is 0 Å². The van der Waals surface area contributed by atoms with E-state index in [1.54, 1.807) is 7.05 Å². The van der Waals surface area contributed by atoms with Crippen LogP contribution in [0.3, 0.4) is 0 Å². The third kappa shape index (κ3) is 6.11. The van der Waals surface area contributed by atoms with E-state index in [4.69, 9.17) is 4.52 Å². The van der Waals surface area contributed by atoms with E-state index in [1.807, 2.05) is 6.07 Å². The number of halogens is 1. The van der Waals surface area contributed by atoms with Crippen molar-refractivity contribution in [2.45, 2.75) is 53.1 Å². The fourth-order valence-electron chi connectivity index (χ4n) is 1.43. The van der Waals surface area contributed by atoms with Gasteiger partial charge in [0.05, 0.1) is 12.2 Å². The van der Waals surface area contributed by atoms with E-state index in [9.17, 15) is 0 Å². The number of nitrogens with one attached hydrogen (secondary N) is 2. The second kappa shape index (κ2) is 9.20. The highest BCUT2D eigenvalue weighted by Gasteiger charge is 2.11. The van der Waals surface area contributed by atoms with E-state index < -0.39 is 0 Å². The molecule has 0 aromatic carbocycles. The molecule has 0 aliphatic carbocycles. The molecule has 1 aromatic heterocycles. The molecule has 0 spiro atoms. The number of hydrogen-bond donors (Lipinski definition) is 2. The highest BCUT2D eigenvalue weighted by molar-refractivity contribution is 14.0. The van der Waals surface area contributed by atoms with Crippen molar-refractivity contribution in [1.29, 1.82) is 0 Å². The van der Waals surface area contributed by atoms with Crippen molar-refractivity contribution in [2.75, 3.05) is 7.05 Å². The molecule has 20 heavy (non-hydrogen) atoms.